The molecule has 0 unspecified atom stereocenters. The van der Waals surface area contributed by atoms with Crippen LogP contribution in [-0.4, -0.2) is 0 Å². The summed E-state index contributed by atoms with van der Waals surface area (Å²) in [5, 5.41) is -4.38. The molecule has 23 heavy (non-hydrogen) atoms. The van der Waals surface area contributed by atoms with Crippen molar-refractivity contribution in [3.05, 3.63) is 59.7 Å². The molecular formula is C14H9F6PS2. The minimum Gasteiger partial charge on any atom is -0.166 e. The highest BCUT2D eigenvalue weighted by Crippen LogP contribution is 2.53. The minimum absolute atomic E-state index is 0.400. The van der Waals surface area contributed by atoms with E-state index < -0.39 is 39.3 Å². The molecule has 2 aromatic rings. The topological polar surface area (TPSA) is 0 Å². The Balaban J connectivity index is 2.74. The number of hydrogen-bond donors (Lipinski definition) is 1. The maximum Gasteiger partial charge on any atom is 0.417 e. The number of thiol groups is 1. The van der Waals surface area contributed by atoms with Gasteiger partial charge in [0.15, 0.2) is 0 Å². The summed E-state index contributed by atoms with van der Waals surface area (Å²) in [5.74, 6) is 0. The lowest BCUT2D eigenvalue weighted by atomic mass is 10.2. The van der Waals surface area contributed by atoms with Crippen LogP contribution in [0.2, 0.25) is 0 Å². The number of rotatable bonds is 2. The van der Waals surface area contributed by atoms with E-state index in [-0.39, 0.29) is 0 Å². The van der Waals surface area contributed by atoms with E-state index >= 15 is 0 Å². The van der Waals surface area contributed by atoms with Crippen LogP contribution in [0, 0.1) is 0 Å². The van der Waals surface area contributed by atoms with Crippen LogP contribution in [0.4, 0.5) is 26.3 Å². The van der Waals surface area contributed by atoms with Gasteiger partial charge in [0, 0.05) is 10.6 Å². The van der Waals surface area contributed by atoms with E-state index in [0.29, 0.717) is 0 Å². The first-order valence-corrected chi connectivity index (χ1v) is 10.1. The molecular weight excluding hydrogens is 377 g/mol. The van der Waals surface area contributed by atoms with Crippen molar-refractivity contribution in [2.75, 3.05) is 0 Å². The molecule has 0 spiro atoms. The van der Waals surface area contributed by atoms with Gasteiger partial charge in [-0.1, -0.05) is 48.2 Å². The molecule has 0 aliphatic rings. The first-order valence-electron chi connectivity index (χ1n) is 6.12. The average molecular weight is 386 g/mol. The Hall–Kier alpha value is -0.980. The van der Waals surface area contributed by atoms with Crippen molar-refractivity contribution in [3.63, 3.8) is 0 Å². The fraction of sp³-hybridized carbons (Fsp3) is 0.143. The van der Waals surface area contributed by atoms with Crippen molar-refractivity contribution in [2.24, 2.45) is 0 Å². The maximum absolute atomic E-state index is 13.1. The molecule has 0 aliphatic heterocycles. The Kier molecular flexibility index (Phi) is 4.91. The molecule has 124 valence electrons. The third kappa shape index (κ3) is 3.75. The average Bonchev–Trinajstić information content (AvgIpc) is 2.45. The van der Waals surface area contributed by atoms with Gasteiger partial charge in [0.25, 0.3) is 0 Å². The zero-order chi connectivity index (χ0) is 17.5. The van der Waals surface area contributed by atoms with Gasteiger partial charge in [0.05, 0.1) is 16.4 Å². The second kappa shape index (κ2) is 6.15. The van der Waals surface area contributed by atoms with E-state index in [2.05, 4.69) is 12.2 Å². The highest BCUT2D eigenvalue weighted by atomic mass is 32.9. The molecule has 0 amide bonds. The molecule has 0 saturated carbocycles. The molecule has 0 aliphatic carbocycles. The fourth-order valence-corrected chi connectivity index (χ4v) is 5.98. The summed E-state index contributed by atoms with van der Waals surface area (Å²) < 4.78 is 78.9. The van der Waals surface area contributed by atoms with Gasteiger partial charge >= 0.3 is 12.4 Å². The van der Waals surface area contributed by atoms with E-state index in [9.17, 15) is 26.3 Å². The van der Waals surface area contributed by atoms with Crippen LogP contribution in [-0.2, 0) is 24.2 Å². The Morgan fingerprint density at radius 1 is 0.696 bits per heavy atom. The maximum atomic E-state index is 13.1. The molecule has 2 aromatic carbocycles. The minimum atomic E-state index is -4.73. The van der Waals surface area contributed by atoms with Crippen LogP contribution >= 0.6 is 17.5 Å². The van der Waals surface area contributed by atoms with Gasteiger partial charge in [-0.2, -0.15) is 26.3 Å². The van der Waals surface area contributed by atoms with Crippen molar-refractivity contribution < 1.29 is 26.3 Å². The third-order valence-electron chi connectivity index (χ3n) is 3.07. The summed E-state index contributed by atoms with van der Waals surface area (Å²) >= 11 is 9.26. The number of halogens is 6. The first-order chi connectivity index (χ1) is 10.5. The third-order valence-corrected chi connectivity index (χ3v) is 7.63. The van der Waals surface area contributed by atoms with Crippen LogP contribution in [0.15, 0.2) is 48.5 Å². The summed E-state index contributed by atoms with van der Waals surface area (Å²) in [7, 11) is 0. The molecule has 0 heterocycles. The molecule has 0 radical (unpaired) electrons. The van der Waals surface area contributed by atoms with Gasteiger partial charge in [0.1, 0.15) is 0 Å². The van der Waals surface area contributed by atoms with E-state index in [1.54, 1.807) is 0 Å². The Labute approximate surface area is 138 Å². The van der Waals surface area contributed by atoms with E-state index in [1.807, 2.05) is 0 Å². The second-order valence-electron chi connectivity index (χ2n) is 4.61. The van der Waals surface area contributed by atoms with Gasteiger partial charge in [-0.05, 0) is 12.1 Å². The van der Waals surface area contributed by atoms with E-state index in [4.69, 9.17) is 11.8 Å². The molecule has 0 bridgehead atoms. The smallest absolute Gasteiger partial charge is 0.166 e. The van der Waals surface area contributed by atoms with Crippen molar-refractivity contribution >= 4 is 39.9 Å². The summed E-state index contributed by atoms with van der Waals surface area (Å²) in [5.41, 5.74) is -2.12. The van der Waals surface area contributed by atoms with Gasteiger partial charge < -0.3 is 0 Å². The van der Waals surface area contributed by atoms with Crippen molar-refractivity contribution in [2.45, 2.75) is 12.4 Å². The predicted molar refractivity (Wildman–Crippen MR) is 85.4 cm³/mol. The zero-order valence-electron chi connectivity index (χ0n) is 11.2. The molecule has 9 heteroatoms. The summed E-state index contributed by atoms with van der Waals surface area (Å²) in [4.78, 5) is 0. The van der Waals surface area contributed by atoms with Crippen LogP contribution in [0.25, 0.3) is 0 Å². The molecule has 0 N–H and O–H groups in total. The highest BCUT2D eigenvalue weighted by Gasteiger charge is 2.40. The highest BCUT2D eigenvalue weighted by molar-refractivity contribution is 8.68. The zero-order valence-corrected chi connectivity index (χ0v) is 13.8. The SMILES string of the molecule is FC(F)(F)c1ccccc1P(=S)(S)c1ccccc1C(F)(F)F. The van der Waals surface area contributed by atoms with Crippen molar-refractivity contribution in [1.82, 2.24) is 0 Å². The predicted octanol–water partition coefficient (Wildman–Crippen LogP) is 5.00. The van der Waals surface area contributed by atoms with Crippen LogP contribution < -0.4 is 10.6 Å². The molecule has 0 nitrogen and oxygen atoms in total. The normalized spacial score (nSPS) is 13.2. The van der Waals surface area contributed by atoms with Gasteiger partial charge in [0.2, 0.25) is 0 Å². The Morgan fingerprint density at radius 2 is 1.00 bits per heavy atom. The van der Waals surface area contributed by atoms with Crippen LogP contribution in [0.1, 0.15) is 11.1 Å². The fourth-order valence-electron chi connectivity index (χ4n) is 2.09. The molecule has 0 aromatic heterocycles. The first kappa shape index (κ1) is 18.4. The lowest BCUT2D eigenvalue weighted by molar-refractivity contribution is -0.137. The van der Waals surface area contributed by atoms with Gasteiger partial charge in [-0.3, -0.25) is 0 Å². The van der Waals surface area contributed by atoms with Gasteiger partial charge in [-0.25, -0.2) is 0 Å². The van der Waals surface area contributed by atoms with Crippen molar-refractivity contribution in [1.29, 1.82) is 0 Å². The Morgan fingerprint density at radius 3 is 1.30 bits per heavy atom. The molecule has 0 atom stereocenters. The number of alkyl halides is 6. The Bertz CT molecular complexity index is 705. The standard InChI is InChI=1S/C14H9F6PS2/c15-13(16,17)9-5-1-3-7-11(9)21(22,23)12-8-4-2-6-10(12)14(18,19)20/h1-8H,(H,22,23). The number of benzene rings is 2. The molecule has 0 saturated heterocycles. The van der Waals surface area contributed by atoms with Crippen molar-refractivity contribution in [3.8, 4) is 0 Å². The van der Waals surface area contributed by atoms with E-state index in [1.165, 1.54) is 12.1 Å². The van der Waals surface area contributed by atoms with E-state index in [0.717, 1.165) is 36.4 Å². The second-order valence-corrected chi connectivity index (χ2v) is 11.0. The lowest BCUT2D eigenvalue weighted by Gasteiger charge is -2.24. The molecule has 0 fully saturated rings. The van der Waals surface area contributed by atoms with Gasteiger partial charge in [-0.15, -0.1) is 12.2 Å². The summed E-state index contributed by atoms with van der Waals surface area (Å²) in [6.07, 6.45) is -9.45. The largest absolute Gasteiger partial charge is 0.417 e. The molecule has 2 rings (SSSR count). The number of hydrogen-bond acceptors (Lipinski definition) is 1. The monoisotopic (exact) mass is 386 g/mol. The summed E-state index contributed by atoms with van der Waals surface area (Å²) in [6, 6.07) is 8.69. The lowest BCUT2D eigenvalue weighted by Crippen LogP contribution is -2.26. The quantitative estimate of drug-likeness (QED) is 0.431. The van der Waals surface area contributed by atoms with Crippen LogP contribution in [0.3, 0.4) is 0 Å². The van der Waals surface area contributed by atoms with Crippen LogP contribution in [0.5, 0.6) is 0 Å². The summed E-state index contributed by atoms with van der Waals surface area (Å²) in [6.45, 7) is 0.